The van der Waals surface area contributed by atoms with E-state index in [1.165, 1.54) is 12.8 Å². The normalized spacial score (nSPS) is 10.4. The maximum atomic E-state index is 6.13. The molecule has 1 aromatic heterocycles. The van der Waals surface area contributed by atoms with Crippen molar-refractivity contribution in [1.29, 1.82) is 0 Å². The summed E-state index contributed by atoms with van der Waals surface area (Å²) < 4.78 is 5.37. The van der Waals surface area contributed by atoms with Gasteiger partial charge in [0.1, 0.15) is 23.7 Å². The minimum atomic E-state index is 0.674. The van der Waals surface area contributed by atoms with Crippen molar-refractivity contribution in [1.82, 2.24) is 9.97 Å². The van der Waals surface area contributed by atoms with Crippen molar-refractivity contribution >= 4 is 28.9 Å². The van der Waals surface area contributed by atoms with E-state index in [2.05, 4.69) is 27.5 Å². The fourth-order valence-corrected chi connectivity index (χ4v) is 2.34. The van der Waals surface area contributed by atoms with E-state index in [0.29, 0.717) is 16.6 Å². The zero-order valence-corrected chi connectivity index (χ0v) is 14.6. The monoisotopic (exact) mass is 334 g/mol. The second-order valence-corrected chi connectivity index (χ2v) is 5.76. The predicted molar refractivity (Wildman–Crippen MR) is 96.1 cm³/mol. The lowest BCUT2D eigenvalue weighted by molar-refractivity contribution is 0.416. The molecule has 0 amide bonds. The Labute approximate surface area is 142 Å². The van der Waals surface area contributed by atoms with Crippen molar-refractivity contribution in [2.24, 2.45) is 0 Å². The molecule has 2 N–H and O–H groups in total. The fourth-order valence-electron chi connectivity index (χ4n) is 2.18. The van der Waals surface area contributed by atoms with Crippen LogP contribution in [-0.4, -0.2) is 23.6 Å². The number of benzene rings is 1. The number of methoxy groups -OCH3 is 1. The van der Waals surface area contributed by atoms with Crippen LogP contribution in [0.15, 0.2) is 24.5 Å². The summed E-state index contributed by atoms with van der Waals surface area (Å²) in [5, 5.41) is 7.24. The van der Waals surface area contributed by atoms with E-state index in [4.69, 9.17) is 16.3 Å². The highest BCUT2D eigenvalue weighted by molar-refractivity contribution is 6.31. The Morgan fingerprint density at radius 1 is 1.13 bits per heavy atom. The largest absolute Gasteiger partial charge is 0.495 e. The molecule has 1 aromatic carbocycles. The molecule has 0 spiro atoms. The van der Waals surface area contributed by atoms with Crippen LogP contribution >= 0.6 is 11.6 Å². The van der Waals surface area contributed by atoms with Gasteiger partial charge in [-0.25, -0.2) is 9.97 Å². The van der Waals surface area contributed by atoms with Crippen LogP contribution in [-0.2, 0) is 0 Å². The van der Waals surface area contributed by atoms with Crippen LogP contribution in [0.1, 0.15) is 31.7 Å². The predicted octanol–water partition coefficient (Wildman–Crippen LogP) is 4.79. The molecule has 0 unspecified atom stereocenters. The summed E-state index contributed by atoms with van der Waals surface area (Å²) in [4.78, 5) is 8.49. The van der Waals surface area contributed by atoms with Crippen LogP contribution in [0.3, 0.4) is 0 Å². The molecule has 0 bridgehead atoms. The van der Waals surface area contributed by atoms with E-state index < -0.39 is 0 Å². The molecule has 0 saturated heterocycles. The number of aromatic nitrogens is 2. The fraction of sp³-hybridized carbons (Fsp3) is 0.412. The number of halogens is 1. The van der Waals surface area contributed by atoms with Gasteiger partial charge in [0.15, 0.2) is 0 Å². The number of hydrogen-bond acceptors (Lipinski definition) is 5. The molecule has 2 aromatic rings. The lowest BCUT2D eigenvalue weighted by Gasteiger charge is -2.13. The average Bonchev–Trinajstić information content (AvgIpc) is 2.55. The average molecular weight is 335 g/mol. The molecule has 23 heavy (non-hydrogen) atoms. The highest BCUT2D eigenvalue weighted by Gasteiger charge is 2.08. The van der Waals surface area contributed by atoms with Gasteiger partial charge in [0.25, 0.3) is 0 Å². The molecule has 0 fully saturated rings. The molecule has 1 heterocycles. The van der Waals surface area contributed by atoms with E-state index in [9.17, 15) is 0 Å². The van der Waals surface area contributed by atoms with Crippen molar-refractivity contribution in [2.45, 2.75) is 33.1 Å². The van der Waals surface area contributed by atoms with Gasteiger partial charge in [0.05, 0.1) is 12.8 Å². The second-order valence-electron chi connectivity index (χ2n) is 5.35. The molecule has 124 valence electrons. The van der Waals surface area contributed by atoms with Crippen LogP contribution in [0.2, 0.25) is 5.02 Å². The standard InChI is InChI=1S/C17H23ClN4O/c1-4-5-6-7-19-16-10-17(21-11-20-16)22-14-8-12(2)13(18)9-15(14)23-3/h8-11H,4-7H2,1-3H3,(H2,19,20,21,22). The van der Waals surface area contributed by atoms with Gasteiger partial charge in [0.2, 0.25) is 0 Å². The highest BCUT2D eigenvalue weighted by Crippen LogP contribution is 2.32. The van der Waals surface area contributed by atoms with Gasteiger partial charge in [-0.15, -0.1) is 0 Å². The Hall–Kier alpha value is -2.01. The number of ether oxygens (including phenoxy) is 1. The van der Waals surface area contributed by atoms with E-state index >= 15 is 0 Å². The maximum Gasteiger partial charge on any atom is 0.143 e. The molecule has 0 aliphatic rings. The summed E-state index contributed by atoms with van der Waals surface area (Å²) in [6.45, 7) is 5.05. The summed E-state index contributed by atoms with van der Waals surface area (Å²) in [6, 6.07) is 5.62. The topological polar surface area (TPSA) is 59.1 Å². The lowest BCUT2D eigenvalue weighted by atomic mass is 10.2. The van der Waals surface area contributed by atoms with Crippen molar-refractivity contribution in [3.05, 3.63) is 35.1 Å². The molecular weight excluding hydrogens is 312 g/mol. The van der Waals surface area contributed by atoms with Gasteiger partial charge in [-0.1, -0.05) is 31.4 Å². The molecule has 5 nitrogen and oxygen atoms in total. The minimum absolute atomic E-state index is 0.674. The third kappa shape index (κ3) is 4.99. The zero-order chi connectivity index (χ0) is 16.7. The number of nitrogens with one attached hydrogen (secondary N) is 2. The highest BCUT2D eigenvalue weighted by atomic mass is 35.5. The first-order valence-corrected chi connectivity index (χ1v) is 8.19. The van der Waals surface area contributed by atoms with E-state index in [1.807, 2.05) is 19.1 Å². The molecule has 0 atom stereocenters. The number of nitrogens with zero attached hydrogens (tertiary/aromatic N) is 2. The van der Waals surface area contributed by atoms with E-state index in [1.54, 1.807) is 19.5 Å². The maximum absolute atomic E-state index is 6.13. The van der Waals surface area contributed by atoms with E-state index in [0.717, 1.165) is 30.0 Å². The number of anilines is 3. The first-order chi connectivity index (χ1) is 11.1. The minimum Gasteiger partial charge on any atom is -0.495 e. The SMILES string of the molecule is CCCCCNc1cc(Nc2cc(C)c(Cl)cc2OC)ncn1. The number of rotatable bonds is 8. The number of hydrogen-bond donors (Lipinski definition) is 2. The van der Waals surface area contributed by atoms with Crippen LogP contribution in [0.5, 0.6) is 5.75 Å². The first-order valence-electron chi connectivity index (χ1n) is 7.81. The Kier molecular flexibility index (Phi) is 6.47. The van der Waals surface area contributed by atoms with Gasteiger partial charge >= 0.3 is 0 Å². The van der Waals surface area contributed by atoms with Crippen molar-refractivity contribution in [3.63, 3.8) is 0 Å². The van der Waals surface area contributed by atoms with Gasteiger partial charge in [-0.2, -0.15) is 0 Å². The van der Waals surface area contributed by atoms with Gasteiger partial charge in [-0.3, -0.25) is 0 Å². The number of aryl methyl sites for hydroxylation is 1. The second kappa shape index (κ2) is 8.58. The van der Waals surface area contributed by atoms with Crippen LogP contribution < -0.4 is 15.4 Å². The van der Waals surface area contributed by atoms with Crippen molar-refractivity contribution in [2.75, 3.05) is 24.3 Å². The molecule has 0 saturated carbocycles. The third-order valence-corrected chi connectivity index (χ3v) is 3.90. The van der Waals surface area contributed by atoms with Gasteiger partial charge in [-0.05, 0) is 25.0 Å². The molecular formula is C17H23ClN4O. The summed E-state index contributed by atoms with van der Waals surface area (Å²) in [5.74, 6) is 2.19. The Bertz CT molecular complexity index is 648. The number of unbranched alkanes of at least 4 members (excludes halogenated alkanes) is 2. The molecule has 0 aliphatic heterocycles. The van der Waals surface area contributed by atoms with Gasteiger partial charge in [0, 0.05) is 23.7 Å². The first kappa shape index (κ1) is 17.3. The Morgan fingerprint density at radius 2 is 1.91 bits per heavy atom. The lowest BCUT2D eigenvalue weighted by Crippen LogP contribution is -2.05. The van der Waals surface area contributed by atoms with Crippen LogP contribution in [0, 0.1) is 6.92 Å². The quantitative estimate of drug-likeness (QED) is 0.679. The third-order valence-electron chi connectivity index (χ3n) is 3.50. The smallest absolute Gasteiger partial charge is 0.143 e. The summed E-state index contributed by atoms with van der Waals surface area (Å²) >= 11 is 6.13. The summed E-state index contributed by atoms with van der Waals surface area (Å²) in [6.07, 6.45) is 5.09. The Balaban J connectivity index is 2.10. The van der Waals surface area contributed by atoms with Crippen LogP contribution in [0.4, 0.5) is 17.3 Å². The van der Waals surface area contributed by atoms with Crippen molar-refractivity contribution < 1.29 is 4.74 Å². The van der Waals surface area contributed by atoms with Gasteiger partial charge < -0.3 is 15.4 Å². The van der Waals surface area contributed by atoms with E-state index in [-0.39, 0.29) is 0 Å². The summed E-state index contributed by atoms with van der Waals surface area (Å²) in [7, 11) is 1.62. The summed E-state index contributed by atoms with van der Waals surface area (Å²) in [5.41, 5.74) is 1.80. The molecule has 6 heteroatoms. The molecule has 0 aliphatic carbocycles. The Morgan fingerprint density at radius 3 is 2.65 bits per heavy atom. The van der Waals surface area contributed by atoms with Crippen LogP contribution in [0.25, 0.3) is 0 Å². The molecule has 2 rings (SSSR count). The molecule has 0 radical (unpaired) electrons. The zero-order valence-electron chi connectivity index (χ0n) is 13.8. The van der Waals surface area contributed by atoms with Crippen molar-refractivity contribution in [3.8, 4) is 5.75 Å².